The molecule has 0 aromatic rings. The zero-order chi connectivity index (χ0) is 15.2. The summed E-state index contributed by atoms with van der Waals surface area (Å²) in [4.78, 5) is 28.6. The second kappa shape index (κ2) is 7.75. The van der Waals surface area contributed by atoms with Gasteiger partial charge in [0.05, 0.1) is 6.54 Å². The van der Waals surface area contributed by atoms with Gasteiger partial charge in [0.1, 0.15) is 6.04 Å². The van der Waals surface area contributed by atoms with Crippen LogP contribution in [0.3, 0.4) is 0 Å². The van der Waals surface area contributed by atoms with Gasteiger partial charge in [-0.05, 0) is 25.7 Å². The Hall–Kier alpha value is -1.14. The van der Waals surface area contributed by atoms with Gasteiger partial charge < -0.3 is 15.5 Å². The normalized spacial score (nSPS) is 27.4. The first-order chi connectivity index (χ1) is 10.1. The molecule has 0 aromatic carbocycles. The Balaban J connectivity index is 1.92. The Morgan fingerprint density at radius 1 is 1.33 bits per heavy atom. The molecule has 2 rings (SSSR count). The summed E-state index contributed by atoms with van der Waals surface area (Å²) in [5, 5.41) is 6.10. The fourth-order valence-corrected chi connectivity index (χ4v) is 3.18. The predicted molar refractivity (Wildman–Crippen MR) is 81.9 cm³/mol. The second-order valence-corrected chi connectivity index (χ2v) is 6.17. The largest absolute Gasteiger partial charge is 0.355 e. The van der Waals surface area contributed by atoms with Crippen LogP contribution in [-0.2, 0) is 9.59 Å². The first-order valence-corrected chi connectivity index (χ1v) is 8.12. The van der Waals surface area contributed by atoms with Crippen LogP contribution >= 0.6 is 0 Å². The highest BCUT2D eigenvalue weighted by Gasteiger charge is 2.31. The van der Waals surface area contributed by atoms with Crippen LogP contribution in [-0.4, -0.2) is 73.5 Å². The Bertz CT molecular complexity index is 375. The van der Waals surface area contributed by atoms with E-state index in [1.807, 2.05) is 16.7 Å². The number of piperidine rings is 1. The number of hydrogen-bond acceptors (Lipinski definition) is 4. The molecule has 21 heavy (non-hydrogen) atoms. The fourth-order valence-electron chi connectivity index (χ4n) is 3.18. The van der Waals surface area contributed by atoms with Crippen LogP contribution in [0, 0.1) is 5.92 Å². The molecule has 2 unspecified atom stereocenters. The fraction of sp³-hybridized carbons (Fsp3) is 0.867. The molecular formula is C15H28N4O2. The van der Waals surface area contributed by atoms with Crippen LogP contribution in [0.1, 0.15) is 26.7 Å². The number of hydrogen-bond donors (Lipinski definition) is 2. The van der Waals surface area contributed by atoms with Crippen molar-refractivity contribution in [1.82, 2.24) is 20.4 Å². The van der Waals surface area contributed by atoms with Gasteiger partial charge in [-0.3, -0.25) is 14.5 Å². The minimum Gasteiger partial charge on any atom is -0.355 e. The number of amides is 2. The molecule has 2 aliphatic heterocycles. The quantitative estimate of drug-likeness (QED) is 0.745. The molecule has 0 radical (unpaired) electrons. The Kier molecular flexibility index (Phi) is 5.99. The second-order valence-electron chi connectivity index (χ2n) is 6.17. The number of piperazine rings is 1. The van der Waals surface area contributed by atoms with Gasteiger partial charge in [0.15, 0.2) is 0 Å². The molecule has 6 heteroatoms. The molecule has 2 heterocycles. The SMILES string of the molecule is CCNC(=O)C1CNCCN1CC(=O)N1CCCC(C)C1. The molecule has 2 aliphatic rings. The maximum Gasteiger partial charge on any atom is 0.238 e. The zero-order valence-electron chi connectivity index (χ0n) is 13.2. The smallest absolute Gasteiger partial charge is 0.238 e. The first kappa shape index (κ1) is 16.2. The van der Waals surface area contributed by atoms with Gasteiger partial charge >= 0.3 is 0 Å². The van der Waals surface area contributed by atoms with E-state index in [1.54, 1.807) is 0 Å². The van der Waals surface area contributed by atoms with Crippen molar-refractivity contribution >= 4 is 11.8 Å². The van der Waals surface area contributed by atoms with Crippen LogP contribution < -0.4 is 10.6 Å². The van der Waals surface area contributed by atoms with Crippen molar-refractivity contribution < 1.29 is 9.59 Å². The van der Waals surface area contributed by atoms with Crippen molar-refractivity contribution in [3.63, 3.8) is 0 Å². The predicted octanol–water partition coefficient (Wildman–Crippen LogP) is -0.345. The number of likely N-dealkylation sites (N-methyl/N-ethyl adjacent to an activating group) is 1. The highest BCUT2D eigenvalue weighted by atomic mass is 16.2. The van der Waals surface area contributed by atoms with E-state index < -0.39 is 0 Å². The molecule has 0 aliphatic carbocycles. The molecule has 2 N–H and O–H groups in total. The number of likely N-dealkylation sites (tertiary alicyclic amines) is 1. The van der Waals surface area contributed by atoms with E-state index in [4.69, 9.17) is 0 Å². The van der Waals surface area contributed by atoms with Crippen LogP contribution in [0.15, 0.2) is 0 Å². The lowest BCUT2D eigenvalue weighted by molar-refractivity contribution is -0.136. The van der Waals surface area contributed by atoms with Gasteiger partial charge in [-0.1, -0.05) is 6.92 Å². The van der Waals surface area contributed by atoms with Crippen molar-refractivity contribution in [2.45, 2.75) is 32.7 Å². The standard InChI is InChI=1S/C15H28N4O2/c1-3-17-15(21)13-9-16-6-8-18(13)11-14(20)19-7-4-5-12(2)10-19/h12-13,16H,3-11H2,1-2H3,(H,17,21). The highest BCUT2D eigenvalue weighted by Crippen LogP contribution is 2.16. The molecule has 2 amide bonds. The Morgan fingerprint density at radius 3 is 2.86 bits per heavy atom. The van der Waals surface area contributed by atoms with E-state index in [9.17, 15) is 9.59 Å². The number of carbonyl (C=O) groups excluding carboxylic acids is 2. The van der Waals surface area contributed by atoms with Gasteiger partial charge in [0.2, 0.25) is 11.8 Å². The molecule has 0 spiro atoms. The van der Waals surface area contributed by atoms with Gasteiger partial charge in [-0.2, -0.15) is 0 Å². The monoisotopic (exact) mass is 296 g/mol. The van der Waals surface area contributed by atoms with Crippen molar-refractivity contribution in [2.75, 3.05) is 45.8 Å². The molecule has 0 aromatic heterocycles. The van der Waals surface area contributed by atoms with Gasteiger partial charge in [-0.15, -0.1) is 0 Å². The van der Waals surface area contributed by atoms with E-state index in [-0.39, 0.29) is 17.9 Å². The van der Waals surface area contributed by atoms with Crippen LogP contribution in [0.5, 0.6) is 0 Å². The average Bonchev–Trinajstić information content (AvgIpc) is 2.48. The van der Waals surface area contributed by atoms with Crippen molar-refractivity contribution in [3.8, 4) is 0 Å². The van der Waals surface area contributed by atoms with E-state index in [2.05, 4.69) is 17.6 Å². The summed E-state index contributed by atoms with van der Waals surface area (Å²) in [6.45, 7) is 9.02. The molecule has 0 bridgehead atoms. The number of rotatable bonds is 4. The summed E-state index contributed by atoms with van der Waals surface area (Å²) in [6, 6.07) is -0.232. The molecule has 6 nitrogen and oxygen atoms in total. The first-order valence-electron chi connectivity index (χ1n) is 8.12. The third kappa shape index (κ3) is 4.41. The minimum absolute atomic E-state index is 0.0181. The minimum atomic E-state index is -0.232. The molecule has 0 saturated carbocycles. The van der Waals surface area contributed by atoms with Crippen LogP contribution in [0.4, 0.5) is 0 Å². The summed E-state index contributed by atoms with van der Waals surface area (Å²) < 4.78 is 0. The molecule has 120 valence electrons. The summed E-state index contributed by atoms with van der Waals surface area (Å²) in [7, 11) is 0. The lowest BCUT2D eigenvalue weighted by Crippen LogP contribution is -2.60. The number of nitrogens with one attached hydrogen (secondary N) is 2. The highest BCUT2D eigenvalue weighted by molar-refractivity contribution is 5.84. The summed E-state index contributed by atoms with van der Waals surface area (Å²) in [5.74, 6) is 0.771. The maximum absolute atomic E-state index is 12.5. The zero-order valence-corrected chi connectivity index (χ0v) is 13.2. The lowest BCUT2D eigenvalue weighted by atomic mass is 10.0. The third-order valence-corrected chi connectivity index (χ3v) is 4.36. The molecular weight excluding hydrogens is 268 g/mol. The van der Waals surface area contributed by atoms with E-state index in [1.165, 1.54) is 6.42 Å². The maximum atomic E-state index is 12.5. The lowest BCUT2D eigenvalue weighted by Gasteiger charge is -2.37. The molecule has 2 saturated heterocycles. The van der Waals surface area contributed by atoms with E-state index in [0.717, 1.165) is 32.6 Å². The number of nitrogens with zero attached hydrogens (tertiary/aromatic N) is 2. The van der Waals surface area contributed by atoms with Crippen molar-refractivity contribution in [1.29, 1.82) is 0 Å². The summed E-state index contributed by atoms with van der Waals surface area (Å²) in [6.07, 6.45) is 2.30. The Labute approximate surface area is 127 Å². The van der Waals surface area contributed by atoms with E-state index >= 15 is 0 Å². The van der Waals surface area contributed by atoms with Crippen LogP contribution in [0.25, 0.3) is 0 Å². The molecule has 2 atom stereocenters. The summed E-state index contributed by atoms with van der Waals surface area (Å²) >= 11 is 0. The van der Waals surface area contributed by atoms with Gasteiger partial charge in [0, 0.05) is 39.3 Å². The van der Waals surface area contributed by atoms with Gasteiger partial charge in [0.25, 0.3) is 0 Å². The van der Waals surface area contributed by atoms with Crippen molar-refractivity contribution in [3.05, 3.63) is 0 Å². The summed E-state index contributed by atoms with van der Waals surface area (Å²) in [5.41, 5.74) is 0. The average molecular weight is 296 g/mol. The van der Waals surface area contributed by atoms with Crippen molar-refractivity contribution in [2.24, 2.45) is 5.92 Å². The van der Waals surface area contributed by atoms with Gasteiger partial charge in [-0.25, -0.2) is 0 Å². The third-order valence-electron chi connectivity index (χ3n) is 4.36. The Morgan fingerprint density at radius 2 is 2.14 bits per heavy atom. The topological polar surface area (TPSA) is 64.7 Å². The van der Waals surface area contributed by atoms with E-state index in [0.29, 0.717) is 25.6 Å². The molecule has 2 fully saturated rings. The number of carbonyl (C=O) groups is 2. The van der Waals surface area contributed by atoms with Crippen LogP contribution in [0.2, 0.25) is 0 Å².